The van der Waals surface area contributed by atoms with Crippen molar-refractivity contribution < 1.29 is 4.79 Å². The highest BCUT2D eigenvalue weighted by Crippen LogP contribution is 2.29. The summed E-state index contributed by atoms with van der Waals surface area (Å²) in [6.45, 7) is 2.39. The molecule has 1 amide bonds. The molecule has 1 aromatic rings. The topological polar surface area (TPSA) is 35.9 Å². The highest BCUT2D eigenvalue weighted by Gasteiger charge is 2.35. The van der Waals surface area contributed by atoms with Crippen molar-refractivity contribution in [2.24, 2.45) is 4.99 Å². The van der Waals surface area contributed by atoms with Crippen LogP contribution in [0.4, 0.5) is 5.69 Å². The van der Waals surface area contributed by atoms with Gasteiger partial charge in [-0.3, -0.25) is 9.69 Å². The molecule has 1 aliphatic heterocycles. The molecule has 26 heavy (non-hydrogen) atoms. The molecule has 142 valence electrons. The highest BCUT2D eigenvalue weighted by atomic mass is 79.9. The Hall–Kier alpha value is -1.07. The Bertz CT molecular complexity index is 656. The molecule has 0 spiro atoms. The van der Waals surface area contributed by atoms with Gasteiger partial charge in [0.1, 0.15) is 0 Å². The largest absolute Gasteiger partial charge is 0.341 e. The molecule has 0 aromatic heterocycles. The molecule has 1 heterocycles. The standard InChI is InChI=1S/C20H27N3OS.BrH/c1-22(18-9-2-3-10-19(18)23-11-4-5-12-23)20(24)14-16-7-6-8-17(13-16)21-15-25;/h6-8,13,18-19H,2-5,9-12,14H2,1H3;1H/t18-,19-;/m1./s1. The van der Waals surface area contributed by atoms with Crippen molar-refractivity contribution in [3.63, 3.8) is 0 Å². The number of aliphatic imine (C=N–C) groups is 1. The van der Waals surface area contributed by atoms with Crippen LogP contribution in [0.15, 0.2) is 29.3 Å². The molecule has 1 aromatic carbocycles. The third-order valence-electron chi connectivity index (χ3n) is 5.64. The van der Waals surface area contributed by atoms with E-state index in [4.69, 9.17) is 0 Å². The van der Waals surface area contributed by atoms with Crippen LogP contribution in [-0.4, -0.2) is 53.1 Å². The molecule has 1 saturated carbocycles. The van der Waals surface area contributed by atoms with E-state index in [1.807, 2.05) is 36.2 Å². The second-order valence-electron chi connectivity index (χ2n) is 7.22. The Morgan fingerprint density at radius 1 is 1.27 bits per heavy atom. The van der Waals surface area contributed by atoms with E-state index in [0.29, 0.717) is 18.5 Å². The first-order valence-corrected chi connectivity index (χ1v) is 9.76. The number of carbonyl (C=O) groups excluding carboxylic acids is 1. The van der Waals surface area contributed by atoms with E-state index in [2.05, 4.69) is 27.3 Å². The van der Waals surface area contributed by atoms with Crippen LogP contribution in [0.1, 0.15) is 44.1 Å². The van der Waals surface area contributed by atoms with Crippen molar-refractivity contribution in [2.45, 2.75) is 57.0 Å². The van der Waals surface area contributed by atoms with E-state index in [0.717, 1.165) is 17.7 Å². The molecule has 0 unspecified atom stereocenters. The fraction of sp³-hybridized carbons (Fsp3) is 0.600. The van der Waals surface area contributed by atoms with Crippen LogP contribution in [0.2, 0.25) is 0 Å². The number of hydrogen-bond acceptors (Lipinski definition) is 4. The van der Waals surface area contributed by atoms with Gasteiger partial charge in [0.2, 0.25) is 5.91 Å². The maximum atomic E-state index is 12.9. The molecule has 3 rings (SSSR count). The zero-order chi connectivity index (χ0) is 17.6. The van der Waals surface area contributed by atoms with Gasteiger partial charge in [-0.2, -0.15) is 4.99 Å². The Labute approximate surface area is 172 Å². The van der Waals surface area contributed by atoms with Gasteiger partial charge in [0, 0.05) is 19.1 Å². The normalized spacial score (nSPS) is 23.0. The SMILES string of the molecule is Br.CN(C(=O)Cc1cccc(N=C=S)c1)[C@@H]1CCCC[C@H]1N1CCCC1. The molecule has 0 bridgehead atoms. The van der Waals surface area contributed by atoms with Crippen LogP contribution in [0.25, 0.3) is 0 Å². The number of hydrogen-bond donors (Lipinski definition) is 0. The van der Waals surface area contributed by atoms with Crippen molar-refractivity contribution >= 4 is 46.0 Å². The molecule has 2 atom stereocenters. The smallest absolute Gasteiger partial charge is 0.227 e. The second-order valence-corrected chi connectivity index (χ2v) is 7.40. The van der Waals surface area contributed by atoms with Crippen molar-refractivity contribution in [3.8, 4) is 0 Å². The van der Waals surface area contributed by atoms with Crippen molar-refractivity contribution in [1.29, 1.82) is 0 Å². The predicted molar refractivity (Wildman–Crippen MR) is 115 cm³/mol. The minimum Gasteiger partial charge on any atom is -0.341 e. The number of benzene rings is 1. The average molecular weight is 438 g/mol. The number of halogens is 1. The first-order valence-electron chi connectivity index (χ1n) is 9.35. The van der Waals surface area contributed by atoms with E-state index in [9.17, 15) is 4.79 Å². The molecule has 0 radical (unpaired) electrons. The summed E-state index contributed by atoms with van der Waals surface area (Å²) in [5, 5.41) is 2.38. The van der Waals surface area contributed by atoms with Crippen LogP contribution >= 0.6 is 29.2 Å². The van der Waals surface area contributed by atoms with Gasteiger partial charge in [0.25, 0.3) is 0 Å². The fourth-order valence-corrected chi connectivity index (χ4v) is 4.42. The predicted octanol–water partition coefficient (Wildman–Crippen LogP) is 4.41. The summed E-state index contributed by atoms with van der Waals surface area (Å²) < 4.78 is 0. The Morgan fingerprint density at radius 3 is 2.73 bits per heavy atom. The Balaban J connectivity index is 0.00000243. The van der Waals surface area contributed by atoms with E-state index in [-0.39, 0.29) is 22.9 Å². The van der Waals surface area contributed by atoms with Crippen molar-refractivity contribution in [1.82, 2.24) is 9.80 Å². The number of rotatable bonds is 5. The van der Waals surface area contributed by atoms with Gasteiger partial charge in [0.05, 0.1) is 17.3 Å². The Kier molecular flexibility index (Phi) is 8.42. The van der Waals surface area contributed by atoms with Gasteiger partial charge in [-0.1, -0.05) is 25.0 Å². The van der Waals surface area contributed by atoms with E-state index >= 15 is 0 Å². The van der Waals surface area contributed by atoms with Crippen molar-refractivity contribution in [2.75, 3.05) is 20.1 Å². The average Bonchev–Trinajstić information content (AvgIpc) is 3.16. The molecule has 0 N–H and O–H groups in total. The number of isothiocyanates is 1. The first kappa shape index (κ1) is 21.2. The summed E-state index contributed by atoms with van der Waals surface area (Å²) in [5.41, 5.74) is 1.74. The number of carbonyl (C=O) groups is 1. The van der Waals surface area contributed by atoms with Crippen molar-refractivity contribution in [3.05, 3.63) is 29.8 Å². The third kappa shape index (κ3) is 5.23. The lowest BCUT2D eigenvalue weighted by molar-refractivity contribution is -0.133. The van der Waals surface area contributed by atoms with Gasteiger partial charge in [-0.25, -0.2) is 0 Å². The lowest BCUT2D eigenvalue weighted by Gasteiger charge is -2.42. The number of amides is 1. The first-order chi connectivity index (χ1) is 12.2. The summed E-state index contributed by atoms with van der Waals surface area (Å²) in [7, 11) is 1.99. The Morgan fingerprint density at radius 2 is 2.00 bits per heavy atom. The number of thiocarbonyl (C=S) groups is 1. The van der Waals surface area contributed by atoms with Gasteiger partial charge in [0.15, 0.2) is 0 Å². The second kappa shape index (κ2) is 10.3. The van der Waals surface area contributed by atoms with E-state index < -0.39 is 0 Å². The quantitative estimate of drug-likeness (QED) is 0.505. The highest BCUT2D eigenvalue weighted by molar-refractivity contribution is 8.93. The van der Waals surface area contributed by atoms with Gasteiger partial charge in [-0.15, -0.1) is 17.0 Å². The summed E-state index contributed by atoms with van der Waals surface area (Å²) >= 11 is 4.66. The van der Waals surface area contributed by atoms with Gasteiger partial charge >= 0.3 is 0 Å². The maximum absolute atomic E-state index is 12.9. The van der Waals surface area contributed by atoms with Gasteiger partial charge < -0.3 is 4.90 Å². The molecular formula is C20H28BrN3OS. The number of likely N-dealkylation sites (N-methyl/N-ethyl adjacent to an activating group) is 1. The van der Waals surface area contributed by atoms with E-state index in [1.54, 1.807) is 0 Å². The minimum atomic E-state index is 0. The molecule has 2 fully saturated rings. The summed E-state index contributed by atoms with van der Waals surface area (Å²) in [6.07, 6.45) is 7.88. The van der Waals surface area contributed by atoms with Crippen LogP contribution in [0.3, 0.4) is 0 Å². The van der Waals surface area contributed by atoms with Crippen LogP contribution < -0.4 is 0 Å². The maximum Gasteiger partial charge on any atom is 0.227 e. The lowest BCUT2D eigenvalue weighted by Crippen LogP contribution is -2.53. The van der Waals surface area contributed by atoms with Crippen LogP contribution in [0.5, 0.6) is 0 Å². The zero-order valence-corrected chi connectivity index (χ0v) is 17.9. The van der Waals surface area contributed by atoms with Crippen LogP contribution in [-0.2, 0) is 11.2 Å². The molecule has 4 nitrogen and oxygen atoms in total. The minimum absolute atomic E-state index is 0. The number of likely N-dealkylation sites (tertiary alicyclic amines) is 1. The molecular weight excluding hydrogens is 410 g/mol. The monoisotopic (exact) mass is 437 g/mol. The molecule has 2 aliphatic rings. The summed E-state index contributed by atoms with van der Waals surface area (Å²) in [6, 6.07) is 8.58. The number of nitrogens with zero attached hydrogens (tertiary/aromatic N) is 3. The lowest BCUT2D eigenvalue weighted by atomic mass is 9.88. The van der Waals surface area contributed by atoms with Crippen LogP contribution in [0, 0.1) is 0 Å². The summed E-state index contributed by atoms with van der Waals surface area (Å²) in [4.78, 5) is 21.5. The van der Waals surface area contributed by atoms with Gasteiger partial charge in [-0.05, 0) is 68.7 Å². The molecule has 1 aliphatic carbocycles. The third-order valence-corrected chi connectivity index (χ3v) is 5.73. The molecule has 1 saturated heterocycles. The fourth-order valence-electron chi connectivity index (χ4n) is 4.32. The summed E-state index contributed by atoms with van der Waals surface area (Å²) in [5.74, 6) is 0.194. The molecule has 6 heteroatoms. The zero-order valence-electron chi connectivity index (χ0n) is 15.4. The van der Waals surface area contributed by atoms with E-state index in [1.165, 1.54) is 45.2 Å².